The number of ether oxygens (including phenoxy) is 1. The van der Waals surface area contributed by atoms with Crippen LogP contribution in [0, 0.1) is 0 Å². The molecule has 0 aliphatic carbocycles. The topological polar surface area (TPSA) is 43.4 Å². The molecule has 0 bridgehead atoms. The molecule has 3 nitrogen and oxygen atoms in total. The minimum atomic E-state index is -0.370. The third-order valence-electron chi connectivity index (χ3n) is 1.62. The molecule has 0 saturated heterocycles. The van der Waals surface area contributed by atoms with E-state index in [2.05, 4.69) is 0 Å². The Hall–Kier alpha value is -0.700. The van der Waals surface area contributed by atoms with Gasteiger partial charge in [0, 0.05) is 19.4 Å². The van der Waals surface area contributed by atoms with Gasteiger partial charge < -0.3 is 9.53 Å². The molecule has 3 heteroatoms. The maximum atomic E-state index is 11.2. The summed E-state index contributed by atoms with van der Waals surface area (Å²) in [7, 11) is 0. The van der Waals surface area contributed by atoms with Gasteiger partial charge in [-0.15, -0.1) is 0 Å². The van der Waals surface area contributed by atoms with Gasteiger partial charge in [-0.25, -0.2) is 0 Å². The first-order valence-corrected chi connectivity index (χ1v) is 4.34. The van der Waals surface area contributed by atoms with E-state index in [1.165, 1.54) is 0 Å². The Bertz CT molecular complexity index is 143. The van der Waals surface area contributed by atoms with Crippen LogP contribution in [-0.4, -0.2) is 24.8 Å². The van der Waals surface area contributed by atoms with E-state index in [1.54, 1.807) is 6.92 Å². The van der Waals surface area contributed by atoms with Crippen molar-refractivity contribution >= 4 is 12.1 Å². The highest BCUT2D eigenvalue weighted by Gasteiger charge is 2.15. The van der Waals surface area contributed by atoms with Crippen molar-refractivity contribution in [3.05, 3.63) is 0 Å². The van der Waals surface area contributed by atoms with Crippen molar-refractivity contribution in [2.75, 3.05) is 6.61 Å². The largest absolute Gasteiger partial charge is 0.371 e. The van der Waals surface area contributed by atoms with Crippen LogP contribution in [-0.2, 0) is 14.3 Å². The third-order valence-corrected chi connectivity index (χ3v) is 1.62. The highest BCUT2D eigenvalue weighted by atomic mass is 16.5. The lowest BCUT2D eigenvalue weighted by Gasteiger charge is -2.12. The summed E-state index contributed by atoms with van der Waals surface area (Å²) < 4.78 is 5.19. The van der Waals surface area contributed by atoms with Crippen molar-refractivity contribution in [2.24, 2.45) is 0 Å². The summed E-state index contributed by atoms with van der Waals surface area (Å²) in [5, 5.41) is 0. The molecule has 12 heavy (non-hydrogen) atoms. The number of ketones is 1. The smallest absolute Gasteiger partial charge is 0.161 e. The molecule has 1 unspecified atom stereocenters. The fourth-order valence-electron chi connectivity index (χ4n) is 0.986. The second-order valence-electron chi connectivity index (χ2n) is 2.51. The monoisotopic (exact) mass is 172 g/mol. The molecule has 0 saturated carbocycles. The maximum Gasteiger partial charge on any atom is 0.161 e. The standard InChI is InChI=1S/C9H16O3/c1-3-8(11)9(12-4-2)6-5-7-10/h7,9H,3-6H2,1-2H3. The van der Waals surface area contributed by atoms with Crippen LogP contribution in [0.15, 0.2) is 0 Å². The molecule has 0 aliphatic heterocycles. The van der Waals surface area contributed by atoms with E-state index in [4.69, 9.17) is 4.74 Å². The molecular weight excluding hydrogens is 156 g/mol. The zero-order valence-corrected chi connectivity index (χ0v) is 7.71. The minimum Gasteiger partial charge on any atom is -0.371 e. The van der Waals surface area contributed by atoms with Crippen molar-refractivity contribution in [2.45, 2.75) is 39.2 Å². The number of hydrogen-bond acceptors (Lipinski definition) is 3. The zero-order valence-electron chi connectivity index (χ0n) is 7.71. The number of carbonyl (C=O) groups excluding carboxylic acids is 2. The third kappa shape index (κ3) is 4.23. The predicted octanol–water partition coefficient (Wildman–Crippen LogP) is 1.35. The molecule has 0 aromatic carbocycles. The molecule has 70 valence electrons. The van der Waals surface area contributed by atoms with Gasteiger partial charge in [-0.05, 0) is 13.3 Å². The van der Waals surface area contributed by atoms with E-state index >= 15 is 0 Å². The first-order valence-electron chi connectivity index (χ1n) is 4.34. The van der Waals surface area contributed by atoms with Crippen LogP contribution in [0.5, 0.6) is 0 Å². The van der Waals surface area contributed by atoms with E-state index < -0.39 is 0 Å². The van der Waals surface area contributed by atoms with Gasteiger partial charge in [-0.3, -0.25) is 4.79 Å². The van der Waals surface area contributed by atoms with Crippen LogP contribution < -0.4 is 0 Å². The van der Waals surface area contributed by atoms with E-state index in [0.717, 1.165) is 6.29 Å². The van der Waals surface area contributed by atoms with Gasteiger partial charge in [0.1, 0.15) is 12.4 Å². The Labute approximate surface area is 73.1 Å². The molecule has 1 atom stereocenters. The number of Topliss-reactive ketones (excluding diaryl/α,β-unsaturated/α-hetero) is 1. The average Bonchev–Trinajstić information content (AvgIpc) is 2.11. The van der Waals surface area contributed by atoms with Gasteiger partial charge in [0.15, 0.2) is 5.78 Å². The number of hydrogen-bond donors (Lipinski definition) is 0. The summed E-state index contributed by atoms with van der Waals surface area (Å²) in [6.07, 6.45) is 1.84. The molecule has 0 rings (SSSR count). The summed E-state index contributed by atoms with van der Waals surface area (Å²) in [6, 6.07) is 0. The molecule has 0 spiro atoms. The van der Waals surface area contributed by atoms with Crippen LogP contribution in [0.25, 0.3) is 0 Å². The normalized spacial score (nSPS) is 12.5. The average molecular weight is 172 g/mol. The number of carbonyl (C=O) groups is 2. The van der Waals surface area contributed by atoms with E-state index in [0.29, 0.717) is 25.9 Å². The van der Waals surface area contributed by atoms with Gasteiger partial charge in [0.2, 0.25) is 0 Å². The van der Waals surface area contributed by atoms with Crippen molar-refractivity contribution in [1.82, 2.24) is 0 Å². The molecule has 0 aliphatic rings. The Morgan fingerprint density at radius 2 is 2.17 bits per heavy atom. The van der Waals surface area contributed by atoms with Crippen LogP contribution in [0.1, 0.15) is 33.1 Å². The second-order valence-corrected chi connectivity index (χ2v) is 2.51. The van der Waals surface area contributed by atoms with Gasteiger partial charge in [0.25, 0.3) is 0 Å². The molecule has 0 heterocycles. The molecule has 0 radical (unpaired) electrons. The highest BCUT2D eigenvalue weighted by Crippen LogP contribution is 2.04. The van der Waals surface area contributed by atoms with E-state index in [-0.39, 0.29) is 11.9 Å². The van der Waals surface area contributed by atoms with Gasteiger partial charge in [0.05, 0.1) is 0 Å². The van der Waals surface area contributed by atoms with E-state index in [1.807, 2.05) is 6.92 Å². The van der Waals surface area contributed by atoms with E-state index in [9.17, 15) is 9.59 Å². The van der Waals surface area contributed by atoms with Crippen molar-refractivity contribution in [3.63, 3.8) is 0 Å². The molecular formula is C9H16O3. The quantitative estimate of drug-likeness (QED) is 0.544. The molecule has 0 aromatic heterocycles. The Morgan fingerprint density at radius 1 is 1.50 bits per heavy atom. The fraction of sp³-hybridized carbons (Fsp3) is 0.778. The maximum absolute atomic E-state index is 11.2. The lowest BCUT2D eigenvalue weighted by Crippen LogP contribution is -2.23. The minimum absolute atomic E-state index is 0.0821. The van der Waals surface area contributed by atoms with Crippen LogP contribution in [0.3, 0.4) is 0 Å². The first kappa shape index (κ1) is 11.3. The van der Waals surface area contributed by atoms with Crippen molar-refractivity contribution in [1.29, 1.82) is 0 Å². The Balaban J connectivity index is 3.84. The lowest BCUT2D eigenvalue weighted by atomic mass is 10.1. The summed E-state index contributed by atoms with van der Waals surface area (Å²) in [5.74, 6) is 0.0821. The summed E-state index contributed by atoms with van der Waals surface area (Å²) in [6.45, 7) is 4.17. The highest BCUT2D eigenvalue weighted by molar-refractivity contribution is 5.82. The van der Waals surface area contributed by atoms with Crippen molar-refractivity contribution in [3.8, 4) is 0 Å². The zero-order chi connectivity index (χ0) is 9.40. The lowest BCUT2D eigenvalue weighted by molar-refractivity contribution is -0.130. The van der Waals surface area contributed by atoms with Gasteiger partial charge in [-0.1, -0.05) is 6.92 Å². The molecule has 0 N–H and O–H groups in total. The van der Waals surface area contributed by atoms with Crippen LogP contribution >= 0.6 is 0 Å². The summed E-state index contributed by atoms with van der Waals surface area (Å²) >= 11 is 0. The number of aldehydes is 1. The molecule has 0 aromatic rings. The predicted molar refractivity (Wildman–Crippen MR) is 46.0 cm³/mol. The molecule has 0 amide bonds. The molecule has 0 fully saturated rings. The summed E-state index contributed by atoms with van der Waals surface area (Å²) in [5.41, 5.74) is 0. The van der Waals surface area contributed by atoms with Crippen molar-refractivity contribution < 1.29 is 14.3 Å². The first-order chi connectivity index (χ1) is 5.76. The number of rotatable bonds is 7. The van der Waals surface area contributed by atoms with Gasteiger partial charge >= 0.3 is 0 Å². The SMILES string of the molecule is CCOC(CCC=O)C(=O)CC. The van der Waals surface area contributed by atoms with Crippen LogP contribution in [0.2, 0.25) is 0 Å². The van der Waals surface area contributed by atoms with Gasteiger partial charge in [-0.2, -0.15) is 0 Å². The second kappa shape index (κ2) is 6.98. The summed E-state index contributed by atoms with van der Waals surface area (Å²) in [4.78, 5) is 21.2. The Morgan fingerprint density at radius 3 is 2.58 bits per heavy atom. The fourth-order valence-corrected chi connectivity index (χ4v) is 0.986. The Kier molecular flexibility index (Phi) is 6.57. The van der Waals surface area contributed by atoms with Crippen LogP contribution in [0.4, 0.5) is 0 Å².